The van der Waals surface area contributed by atoms with Crippen LogP contribution in [-0.2, 0) is 23.9 Å². The van der Waals surface area contributed by atoms with E-state index in [9.17, 15) is 19.5 Å². The molecule has 2 unspecified atom stereocenters. The summed E-state index contributed by atoms with van der Waals surface area (Å²) in [6, 6.07) is 6.13. The van der Waals surface area contributed by atoms with Crippen molar-refractivity contribution in [2.24, 2.45) is 16.7 Å². The summed E-state index contributed by atoms with van der Waals surface area (Å²) in [7, 11) is 2.61. The Labute approximate surface area is 166 Å². The fourth-order valence-electron chi connectivity index (χ4n) is 3.48. The Bertz CT molecular complexity index is 697. The van der Waals surface area contributed by atoms with Crippen LogP contribution in [-0.4, -0.2) is 37.2 Å². The number of esters is 2. The number of carbonyl (C=O) groups is 3. The monoisotopic (exact) mass is 393 g/mol. The zero-order valence-corrected chi connectivity index (χ0v) is 17.5. The topological polar surface area (TPSA) is 102 Å². The van der Waals surface area contributed by atoms with Crippen molar-refractivity contribution in [3.05, 3.63) is 24.3 Å². The number of benzene rings is 1. The summed E-state index contributed by atoms with van der Waals surface area (Å²) in [5.41, 5.74) is -1.43. The van der Waals surface area contributed by atoms with Gasteiger partial charge in [0, 0.05) is 11.1 Å². The van der Waals surface area contributed by atoms with E-state index in [0.717, 1.165) is 0 Å². The number of rotatable bonds is 9. The van der Waals surface area contributed by atoms with Crippen LogP contribution in [0.1, 0.15) is 47.0 Å². The van der Waals surface area contributed by atoms with Gasteiger partial charge < -0.3 is 19.9 Å². The Hall–Kier alpha value is -2.57. The second-order valence-electron chi connectivity index (χ2n) is 7.95. The van der Waals surface area contributed by atoms with Gasteiger partial charge in [-0.15, -0.1) is 0 Å². The molecule has 0 fully saturated rings. The molecular weight excluding hydrogens is 362 g/mol. The average Bonchev–Trinajstić information content (AvgIpc) is 2.66. The maximum Gasteiger partial charge on any atom is 0.311 e. The fraction of sp³-hybridized carbons (Fsp3) is 0.571. The Morgan fingerprint density at radius 3 is 2.11 bits per heavy atom. The number of hydrogen-bond donors (Lipinski definition) is 2. The third kappa shape index (κ3) is 5.97. The number of phenolic OH excluding ortho intramolecular Hbond substituents is 1. The quantitative estimate of drug-likeness (QED) is 0.492. The van der Waals surface area contributed by atoms with E-state index in [0.29, 0.717) is 12.1 Å². The number of nitrogens with one attached hydrogen (secondary N) is 1. The van der Waals surface area contributed by atoms with Crippen LogP contribution in [0, 0.1) is 16.7 Å². The van der Waals surface area contributed by atoms with Crippen LogP contribution in [0.2, 0.25) is 0 Å². The van der Waals surface area contributed by atoms with Crippen molar-refractivity contribution in [2.75, 3.05) is 19.5 Å². The molecule has 0 saturated carbocycles. The van der Waals surface area contributed by atoms with E-state index in [1.807, 2.05) is 6.92 Å². The zero-order valence-electron chi connectivity index (χ0n) is 17.5. The summed E-state index contributed by atoms with van der Waals surface area (Å²) in [5.74, 6) is -1.50. The molecule has 1 aromatic rings. The van der Waals surface area contributed by atoms with E-state index < -0.39 is 22.7 Å². The lowest BCUT2D eigenvalue weighted by Gasteiger charge is -2.36. The van der Waals surface area contributed by atoms with Crippen LogP contribution in [0.15, 0.2) is 24.3 Å². The molecule has 0 radical (unpaired) electrons. The molecule has 7 nitrogen and oxygen atoms in total. The third-order valence-corrected chi connectivity index (χ3v) is 4.97. The Morgan fingerprint density at radius 1 is 1.07 bits per heavy atom. The summed E-state index contributed by atoms with van der Waals surface area (Å²) in [5, 5.41) is 12.2. The molecule has 0 spiro atoms. The molecule has 0 aliphatic rings. The van der Waals surface area contributed by atoms with E-state index in [4.69, 9.17) is 9.47 Å². The summed E-state index contributed by atoms with van der Waals surface area (Å²) < 4.78 is 9.82. The van der Waals surface area contributed by atoms with E-state index in [-0.39, 0.29) is 30.5 Å². The highest BCUT2D eigenvalue weighted by Gasteiger charge is 2.45. The van der Waals surface area contributed by atoms with E-state index >= 15 is 0 Å². The highest BCUT2D eigenvalue weighted by atomic mass is 16.5. The molecule has 2 N–H and O–H groups in total. The minimum absolute atomic E-state index is 0.101. The Balaban J connectivity index is 3.04. The van der Waals surface area contributed by atoms with Gasteiger partial charge >= 0.3 is 11.9 Å². The second kappa shape index (κ2) is 9.57. The van der Waals surface area contributed by atoms with Crippen LogP contribution in [0.3, 0.4) is 0 Å². The van der Waals surface area contributed by atoms with Crippen LogP contribution in [0.5, 0.6) is 5.75 Å². The van der Waals surface area contributed by atoms with Gasteiger partial charge in [-0.2, -0.15) is 0 Å². The number of ether oxygens (including phenoxy) is 2. The molecule has 0 saturated heterocycles. The molecule has 2 atom stereocenters. The van der Waals surface area contributed by atoms with Crippen LogP contribution in [0.4, 0.5) is 5.69 Å². The number of carbonyl (C=O) groups excluding carboxylic acids is 3. The van der Waals surface area contributed by atoms with E-state index in [1.54, 1.807) is 32.9 Å². The van der Waals surface area contributed by atoms with Gasteiger partial charge in [-0.1, -0.05) is 20.8 Å². The predicted molar refractivity (Wildman–Crippen MR) is 106 cm³/mol. The normalized spacial score (nSPS) is 14.5. The minimum atomic E-state index is -1.04. The Kier molecular flexibility index (Phi) is 8.02. The number of anilines is 1. The van der Waals surface area contributed by atoms with Crippen molar-refractivity contribution in [2.45, 2.75) is 47.0 Å². The van der Waals surface area contributed by atoms with Crippen molar-refractivity contribution in [1.29, 1.82) is 0 Å². The Morgan fingerprint density at radius 2 is 1.64 bits per heavy atom. The molecule has 1 amide bonds. The zero-order chi connectivity index (χ0) is 21.5. The van der Waals surface area contributed by atoms with Crippen LogP contribution in [0.25, 0.3) is 0 Å². The maximum absolute atomic E-state index is 12.8. The summed E-state index contributed by atoms with van der Waals surface area (Å²) in [4.78, 5) is 37.4. The molecular formula is C21H31NO6. The van der Waals surface area contributed by atoms with Crippen LogP contribution >= 0.6 is 0 Å². The number of amides is 1. The highest BCUT2D eigenvalue weighted by molar-refractivity contribution is 5.95. The van der Waals surface area contributed by atoms with Gasteiger partial charge in [0.2, 0.25) is 5.91 Å². The molecule has 7 heteroatoms. The number of hydrogen-bond acceptors (Lipinski definition) is 6. The van der Waals surface area contributed by atoms with Crippen molar-refractivity contribution in [3.8, 4) is 5.75 Å². The summed E-state index contributed by atoms with van der Waals surface area (Å²) in [6.07, 6.45) is 0.919. The third-order valence-electron chi connectivity index (χ3n) is 4.97. The molecule has 0 aromatic heterocycles. The molecule has 0 aliphatic carbocycles. The van der Waals surface area contributed by atoms with Crippen molar-refractivity contribution in [3.63, 3.8) is 0 Å². The van der Waals surface area contributed by atoms with Gasteiger partial charge in [0.25, 0.3) is 0 Å². The summed E-state index contributed by atoms with van der Waals surface area (Å²) >= 11 is 0. The second-order valence-corrected chi connectivity index (χ2v) is 7.95. The van der Waals surface area contributed by atoms with Gasteiger partial charge in [0.05, 0.1) is 25.6 Å². The standard InChI is InChI=1S/C21H31NO6/c1-7-14(17(24)27-5)12-21(4,19(26)28-6)13-20(2,3)18(25)22-15-8-10-16(23)11-9-15/h8-11,14,23H,7,12-13H2,1-6H3,(H,22,25). The van der Waals surface area contributed by atoms with Gasteiger partial charge in [-0.05, 0) is 50.5 Å². The molecule has 28 heavy (non-hydrogen) atoms. The molecule has 1 aromatic carbocycles. The van der Waals surface area contributed by atoms with Crippen molar-refractivity contribution in [1.82, 2.24) is 0 Å². The van der Waals surface area contributed by atoms with E-state index in [2.05, 4.69) is 5.32 Å². The lowest BCUT2D eigenvalue weighted by molar-refractivity contribution is -0.158. The first kappa shape index (κ1) is 23.5. The maximum atomic E-state index is 12.8. The smallest absolute Gasteiger partial charge is 0.311 e. The molecule has 0 heterocycles. The van der Waals surface area contributed by atoms with E-state index in [1.165, 1.54) is 26.4 Å². The molecule has 156 valence electrons. The molecule has 1 rings (SSSR count). The first-order valence-electron chi connectivity index (χ1n) is 9.26. The van der Waals surface area contributed by atoms with Gasteiger partial charge in [-0.3, -0.25) is 14.4 Å². The molecule has 0 aliphatic heterocycles. The van der Waals surface area contributed by atoms with Crippen LogP contribution < -0.4 is 5.32 Å². The number of aromatic hydroxyl groups is 1. The number of phenols is 1. The molecule has 0 bridgehead atoms. The van der Waals surface area contributed by atoms with Gasteiger partial charge in [0.15, 0.2) is 0 Å². The predicted octanol–water partition coefficient (Wildman–Crippen LogP) is 3.52. The fourth-order valence-corrected chi connectivity index (χ4v) is 3.48. The van der Waals surface area contributed by atoms with Gasteiger partial charge in [0.1, 0.15) is 5.75 Å². The first-order valence-corrected chi connectivity index (χ1v) is 9.26. The lowest BCUT2D eigenvalue weighted by Crippen LogP contribution is -2.42. The van der Waals surface area contributed by atoms with Gasteiger partial charge in [-0.25, -0.2) is 0 Å². The van der Waals surface area contributed by atoms with Crippen molar-refractivity contribution >= 4 is 23.5 Å². The lowest BCUT2D eigenvalue weighted by atomic mass is 9.69. The average molecular weight is 393 g/mol. The minimum Gasteiger partial charge on any atom is -0.508 e. The first-order chi connectivity index (χ1) is 13.0. The number of methoxy groups -OCH3 is 2. The summed E-state index contributed by atoms with van der Waals surface area (Å²) in [6.45, 7) is 7.04. The highest BCUT2D eigenvalue weighted by Crippen LogP contribution is 2.41. The largest absolute Gasteiger partial charge is 0.508 e. The van der Waals surface area contributed by atoms with Crippen molar-refractivity contribution < 1.29 is 29.0 Å². The SMILES string of the molecule is CCC(CC(C)(CC(C)(C)C(=O)Nc1ccc(O)cc1)C(=O)OC)C(=O)OC.